The first-order valence-electron chi connectivity index (χ1n) is 9.28. The molecule has 4 aromatic rings. The van der Waals surface area contributed by atoms with Crippen molar-refractivity contribution in [1.29, 1.82) is 0 Å². The molecule has 0 aliphatic heterocycles. The third kappa shape index (κ3) is 4.52. The molecule has 0 aliphatic carbocycles. The van der Waals surface area contributed by atoms with Crippen LogP contribution in [0.3, 0.4) is 0 Å². The molecule has 4 rings (SSSR count). The molecule has 7 heteroatoms. The fraction of sp³-hybridized carbons (Fsp3) is 0.0870. The normalized spacial score (nSPS) is 10.7. The Morgan fingerprint density at radius 3 is 2.50 bits per heavy atom. The fourth-order valence-electron chi connectivity index (χ4n) is 2.90. The number of hydrogen-bond donors (Lipinski definition) is 2. The Morgan fingerprint density at radius 1 is 1.03 bits per heavy atom. The Kier molecular flexibility index (Phi) is 5.81. The van der Waals surface area contributed by atoms with E-state index < -0.39 is 0 Å². The smallest absolute Gasteiger partial charge is 0.271 e. The summed E-state index contributed by atoms with van der Waals surface area (Å²) in [6, 6.07) is 21.9. The Morgan fingerprint density at radius 2 is 1.77 bits per heavy atom. The minimum absolute atomic E-state index is 0.176. The third-order valence-electron chi connectivity index (χ3n) is 4.51. The average molecular weight is 417 g/mol. The van der Waals surface area contributed by atoms with Gasteiger partial charge < -0.3 is 15.0 Å². The SMILES string of the molecule is COc1ccc(C(=O)Nc2ccc(SCc3nc4ccccc4[nH]c3=O)cc2)cc1. The average Bonchev–Trinajstić information content (AvgIpc) is 2.78. The van der Waals surface area contributed by atoms with Crippen LogP contribution in [-0.4, -0.2) is 23.0 Å². The van der Waals surface area contributed by atoms with Gasteiger partial charge in [0.2, 0.25) is 0 Å². The van der Waals surface area contributed by atoms with E-state index in [4.69, 9.17) is 4.74 Å². The van der Waals surface area contributed by atoms with Crippen molar-refractivity contribution in [1.82, 2.24) is 9.97 Å². The Bertz CT molecular complexity index is 1240. The number of aromatic nitrogens is 2. The minimum Gasteiger partial charge on any atom is -0.497 e. The van der Waals surface area contributed by atoms with Crippen molar-refractivity contribution in [3.05, 3.63) is 94.4 Å². The number of nitrogens with one attached hydrogen (secondary N) is 2. The van der Waals surface area contributed by atoms with Crippen molar-refractivity contribution in [2.75, 3.05) is 12.4 Å². The van der Waals surface area contributed by atoms with Gasteiger partial charge in [-0.1, -0.05) is 12.1 Å². The number of ether oxygens (including phenoxy) is 1. The predicted molar refractivity (Wildman–Crippen MR) is 119 cm³/mol. The van der Waals surface area contributed by atoms with Crippen LogP contribution in [-0.2, 0) is 5.75 Å². The number of thioether (sulfide) groups is 1. The number of benzene rings is 3. The van der Waals surface area contributed by atoms with E-state index in [1.54, 1.807) is 31.4 Å². The van der Waals surface area contributed by atoms with Gasteiger partial charge in [-0.15, -0.1) is 11.8 Å². The van der Waals surface area contributed by atoms with Crippen LogP contribution in [0.5, 0.6) is 5.75 Å². The molecule has 0 bridgehead atoms. The Labute approximate surface area is 177 Å². The first kappa shape index (κ1) is 19.7. The maximum Gasteiger partial charge on any atom is 0.271 e. The van der Waals surface area contributed by atoms with Gasteiger partial charge in [-0.25, -0.2) is 4.98 Å². The summed E-state index contributed by atoms with van der Waals surface area (Å²) in [5, 5.41) is 2.87. The summed E-state index contributed by atoms with van der Waals surface area (Å²) in [5.74, 6) is 0.968. The van der Waals surface area contributed by atoms with E-state index in [1.165, 1.54) is 11.8 Å². The number of carbonyl (C=O) groups is 1. The molecular weight excluding hydrogens is 398 g/mol. The predicted octanol–water partition coefficient (Wildman–Crippen LogP) is 4.48. The monoisotopic (exact) mass is 417 g/mol. The highest BCUT2D eigenvalue weighted by Gasteiger charge is 2.08. The summed E-state index contributed by atoms with van der Waals surface area (Å²) < 4.78 is 5.10. The van der Waals surface area contributed by atoms with E-state index >= 15 is 0 Å². The largest absolute Gasteiger partial charge is 0.497 e. The standard InChI is InChI=1S/C23H19N3O3S/c1-29-17-10-6-15(7-11-17)22(27)24-16-8-12-18(13-9-16)30-14-21-23(28)26-20-5-3-2-4-19(20)25-21/h2-13H,14H2,1H3,(H,24,27)(H,26,28). The Balaban J connectivity index is 1.39. The lowest BCUT2D eigenvalue weighted by Gasteiger charge is -2.07. The van der Waals surface area contributed by atoms with Crippen LogP contribution >= 0.6 is 11.8 Å². The van der Waals surface area contributed by atoms with Crippen LogP contribution in [0.2, 0.25) is 0 Å². The first-order chi connectivity index (χ1) is 14.6. The topological polar surface area (TPSA) is 84.1 Å². The van der Waals surface area contributed by atoms with Gasteiger partial charge in [-0.3, -0.25) is 9.59 Å². The van der Waals surface area contributed by atoms with Crippen LogP contribution in [0, 0.1) is 0 Å². The molecular formula is C23H19N3O3S. The summed E-state index contributed by atoms with van der Waals surface area (Å²) in [7, 11) is 1.58. The second kappa shape index (κ2) is 8.84. The van der Waals surface area contributed by atoms with Crippen LogP contribution in [0.1, 0.15) is 16.1 Å². The molecule has 1 aromatic heterocycles. The van der Waals surface area contributed by atoms with Gasteiger partial charge in [0.25, 0.3) is 11.5 Å². The molecule has 1 heterocycles. The van der Waals surface area contributed by atoms with Crippen molar-refractivity contribution in [2.45, 2.75) is 10.6 Å². The lowest BCUT2D eigenvalue weighted by Crippen LogP contribution is -2.14. The number of hydrogen-bond acceptors (Lipinski definition) is 5. The van der Waals surface area contributed by atoms with Crippen molar-refractivity contribution < 1.29 is 9.53 Å². The number of fused-ring (bicyclic) bond motifs is 1. The van der Waals surface area contributed by atoms with E-state index in [1.807, 2.05) is 48.5 Å². The van der Waals surface area contributed by atoms with Gasteiger partial charge in [-0.05, 0) is 60.7 Å². The molecule has 150 valence electrons. The van der Waals surface area contributed by atoms with Crippen molar-refractivity contribution in [3.8, 4) is 5.75 Å². The number of carbonyl (C=O) groups excluding carboxylic acids is 1. The van der Waals surface area contributed by atoms with E-state index in [9.17, 15) is 9.59 Å². The number of rotatable bonds is 6. The zero-order valence-electron chi connectivity index (χ0n) is 16.2. The molecule has 0 saturated carbocycles. The van der Waals surface area contributed by atoms with E-state index in [2.05, 4.69) is 15.3 Å². The van der Waals surface area contributed by atoms with Crippen molar-refractivity contribution in [3.63, 3.8) is 0 Å². The molecule has 6 nitrogen and oxygen atoms in total. The van der Waals surface area contributed by atoms with Crippen molar-refractivity contribution >= 4 is 34.4 Å². The van der Waals surface area contributed by atoms with Gasteiger partial charge in [0.05, 0.1) is 18.1 Å². The second-order valence-corrected chi connectivity index (χ2v) is 7.57. The lowest BCUT2D eigenvalue weighted by atomic mass is 10.2. The molecule has 0 spiro atoms. The van der Waals surface area contributed by atoms with Crippen LogP contribution < -0.4 is 15.6 Å². The summed E-state index contributed by atoms with van der Waals surface area (Å²) in [6.07, 6.45) is 0. The number of nitrogens with zero attached hydrogens (tertiary/aromatic N) is 1. The number of methoxy groups -OCH3 is 1. The van der Waals surface area contributed by atoms with Gasteiger partial charge in [0, 0.05) is 21.9 Å². The molecule has 0 saturated heterocycles. The number of anilines is 1. The highest BCUT2D eigenvalue weighted by Crippen LogP contribution is 2.23. The molecule has 0 fully saturated rings. The second-order valence-electron chi connectivity index (χ2n) is 6.53. The van der Waals surface area contributed by atoms with Gasteiger partial charge in [0.15, 0.2) is 0 Å². The zero-order valence-corrected chi connectivity index (χ0v) is 17.0. The van der Waals surface area contributed by atoms with Crippen molar-refractivity contribution in [2.24, 2.45) is 0 Å². The van der Waals surface area contributed by atoms with E-state index in [0.717, 1.165) is 15.9 Å². The van der Waals surface area contributed by atoms with Gasteiger partial charge in [0.1, 0.15) is 11.4 Å². The summed E-state index contributed by atoms with van der Waals surface area (Å²) in [6.45, 7) is 0. The van der Waals surface area contributed by atoms with E-state index in [-0.39, 0.29) is 11.5 Å². The first-order valence-corrected chi connectivity index (χ1v) is 10.3. The molecule has 30 heavy (non-hydrogen) atoms. The van der Waals surface area contributed by atoms with Crippen LogP contribution in [0.15, 0.2) is 82.5 Å². The summed E-state index contributed by atoms with van der Waals surface area (Å²) >= 11 is 1.52. The molecule has 3 aromatic carbocycles. The van der Waals surface area contributed by atoms with Gasteiger partial charge in [-0.2, -0.15) is 0 Å². The quantitative estimate of drug-likeness (QED) is 0.452. The van der Waals surface area contributed by atoms with Gasteiger partial charge >= 0.3 is 0 Å². The highest BCUT2D eigenvalue weighted by atomic mass is 32.2. The fourth-order valence-corrected chi connectivity index (χ4v) is 3.72. The summed E-state index contributed by atoms with van der Waals surface area (Å²) in [5.41, 5.74) is 3.05. The van der Waals surface area contributed by atoms with Crippen LogP contribution in [0.4, 0.5) is 5.69 Å². The Hall–Kier alpha value is -3.58. The third-order valence-corrected chi connectivity index (χ3v) is 5.53. The van der Waals surface area contributed by atoms with Crippen LogP contribution in [0.25, 0.3) is 11.0 Å². The van der Waals surface area contributed by atoms with E-state index in [0.29, 0.717) is 28.4 Å². The zero-order chi connectivity index (χ0) is 20.9. The molecule has 0 radical (unpaired) electrons. The number of H-pyrrole nitrogens is 1. The molecule has 0 aliphatic rings. The molecule has 0 atom stereocenters. The molecule has 2 N–H and O–H groups in total. The number of aromatic amines is 1. The molecule has 0 unspecified atom stereocenters. The maximum atomic E-state index is 12.4. The highest BCUT2D eigenvalue weighted by molar-refractivity contribution is 7.98. The number of para-hydroxylation sites is 2. The molecule has 1 amide bonds. The number of amides is 1. The minimum atomic E-state index is -0.190. The maximum absolute atomic E-state index is 12.4. The lowest BCUT2D eigenvalue weighted by molar-refractivity contribution is 0.102. The summed E-state index contributed by atoms with van der Waals surface area (Å²) in [4.78, 5) is 32.9.